The molecule has 6 heteroatoms. The molecule has 2 aliphatic rings. The van der Waals surface area contributed by atoms with Crippen LogP contribution < -0.4 is 5.32 Å². The monoisotopic (exact) mass is 326 g/mol. The molecule has 0 saturated carbocycles. The molecule has 0 spiro atoms. The zero-order chi connectivity index (χ0) is 14.8. The van der Waals surface area contributed by atoms with Gasteiger partial charge in [0.1, 0.15) is 0 Å². The van der Waals surface area contributed by atoms with Crippen LogP contribution in [0.4, 0.5) is 0 Å². The average Bonchev–Trinajstić information content (AvgIpc) is 2.93. The molecule has 3 rings (SSSR count). The number of nitrogens with one attached hydrogen (secondary N) is 1. The Kier molecular flexibility index (Phi) is 5.87. The van der Waals surface area contributed by atoms with Gasteiger partial charge in [-0.2, -0.15) is 5.10 Å². The van der Waals surface area contributed by atoms with E-state index in [-0.39, 0.29) is 18.3 Å². The van der Waals surface area contributed by atoms with Gasteiger partial charge in [0.15, 0.2) is 0 Å². The van der Waals surface area contributed by atoms with Crippen molar-refractivity contribution in [2.75, 3.05) is 19.6 Å². The fraction of sp³-hybridized carbons (Fsp3) is 0.750. The number of likely N-dealkylation sites (tertiary alicyclic amines) is 1. The molecule has 5 nitrogen and oxygen atoms in total. The summed E-state index contributed by atoms with van der Waals surface area (Å²) in [5.74, 6) is 0.566. The van der Waals surface area contributed by atoms with E-state index in [0.717, 1.165) is 45.3 Å². The number of nitrogens with zero attached hydrogens (tertiary/aromatic N) is 3. The van der Waals surface area contributed by atoms with E-state index in [2.05, 4.69) is 35.4 Å². The quantitative estimate of drug-likeness (QED) is 0.906. The molecule has 0 aromatic carbocycles. The largest absolute Gasteiger partial charge is 0.340 e. The van der Waals surface area contributed by atoms with Crippen LogP contribution in [0.25, 0.3) is 0 Å². The van der Waals surface area contributed by atoms with E-state index >= 15 is 0 Å². The first-order chi connectivity index (χ1) is 10.1. The van der Waals surface area contributed by atoms with Crippen LogP contribution in [0.5, 0.6) is 0 Å². The van der Waals surface area contributed by atoms with Gasteiger partial charge >= 0.3 is 0 Å². The molecule has 2 fully saturated rings. The Labute approximate surface area is 138 Å². The first-order valence-corrected chi connectivity index (χ1v) is 8.16. The van der Waals surface area contributed by atoms with Crippen LogP contribution in [0.15, 0.2) is 12.4 Å². The molecule has 0 aliphatic carbocycles. The second kappa shape index (κ2) is 7.47. The van der Waals surface area contributed by atoms with Crippen molar-refractivity contribution >= 4 is 18.3 Å². The van der Waals surface area contributed by atoms with Crippen LogP contribution in [-0.4, -0.2) is 46.3 Å². The standard InChI is InChI=1S/C16H26N4O.ClH/c1-12-9-18-20(10-12)15-4-3-7-19(11-15)16(21)14-5-6-17-13(2)8-14;/h9-10,13-15,17H,3-8,11H2,1-2H3;1H/t13-,14-,15?;/m0./s1. The van der Waals surface area contributed by atoms with Gasteiger partial charge in [-0.25, -0.2) is 0 Å². The number of amides is 1. The van der Waals surface area contributed by atoms with E-state index in [4.69, 9.17) is 0 Å². The molecule has 2 saturated heterocycles. The lowest BCUT2D eigenvalue weighted by Gasteiger charge is -2.37. The zero-order valence-corrected chi connectivity index (χ0v) is 14.3. The Balaban J connectivity index is 0.00000176. The van der Waals surface area contributed by atoms with E-state index in [1.54, 1.807) is 0 Å². The summed E-state index contributed by atoms with van der Waals surface area (Å²) in [6.07, 6.45) is 8.13. The fourth-order valence-corrected chi connectivity index (χ4v) is 3.62. The van der Waals surface area contributed by atoms with E-state index < -0.39 is 0 Å². The van der Waals surface area contributed by atoms with Gasteiger partial charge in [-0.3, -0.25) is 9.48 Å². The second-order valence-corrected chi connectivity index (χ2v) is 6.65. The highest BCUT2D eigenvalue weighted by molar-refractivity contribution is 5.85. The van der Waals surface area contributed by atoms with Crippen molar-refractivity contribution in [1.82, 2.24) is 20.0 Å². The van der Waals surface area contributed by atoms with Gasteiger partial charge in [0.2, 0.25) is 5.91 Å². The number of piperidine rings is 2. The minimum atomic E-state index is 0. The maximum absolute atomic E-state index is 12.7. The number of carbonyl (C=O) groups excluding carboxylic acids is 1. The molecule has 1 aromatic heterocycles. The average molecular weight is 327 g/mol. The van der Waals surface area contributed by atoms with E-state index in [0.29, 0.717) is 18.0 Å². The molecule has 1 unspecified atom stereocenters. The van der Waals surface area contributed by atoms with Crippen molar-refractivity contribution in [3.63, 3.8) is 0 Å². The highest BCUT2D eigenvalue weighted by atomic mass is 35.5. The summed E-state index contributed by atoms with van der Waals surface area (Å²) >= 11 is 0. The highest BCUT2D eigenvalue weighted by Crippen LogP contribution is 2.25. The van der Waals surface area contributed by atoms with Gasteiger partial charge in [-0.05, 0) is 51.6 Å². The lowest BCUT2D eigenvalue weighted by molar-refractivity contribution is -0.138. The third-order valence-corrected chi connectivity index (χ3v) is 4.79. The van der Waals surface area contributed by atoms with Crippen LogP contribution in [0.3, 0.4) is 0 Å². The predicted molar refractivity (Wildman–Crippen MR) is 89.3 cm³/mol. The molecule has 0 bridgehead atoms. The number of hydrogen-bond donors (Lipinski definition) is 1. The lowest BCUT2D eigenvalue weighted by atomic mass is 9.91. The van der Waals surface area contributed by atoms with Crippen LogP contribution in [0.1, 0.15) is 44.2 Å². The summed E-state index contributed by atoms with van der Waals surface area (Å²) in [4.78, 5) is 14.8. The van der Waals surface area contributed by atoms with Crippen molar-refractivity contribution in [2.45, 2.75) is 51.6 Å². The number of halogens is 1. The van der Waals surface area contributed by atoms with Crippen molar-refractivity contribution < 1.29 is 4.79 Å². The predicted octanol–water partition coefficient (Wildman–Crippen LogP) is 2.16. The van der Waals surface area contributed by atoms with Gasteiger partial charge in [0, 0.05) is 31.2 Å². The van der Waals surface area contributed by atoms with E-state index in [9.17, 15) is 4.79 Å². The van der Waals surface area contributed by atoms with Crippen LogP contribution in [-0.2, 0) is 4.79 Å². The maximum Gasteiger partial charge on any atom is 0.225 e. The normalized spacial score (nSPS) is 29.0. The Bertz CT molecular complexity index is 504. The van der Waals surface area contributed by atoms with E-state index in [1.165, 1.54) is 5.56 Å². The molecule has 1 aromatic rings. The van der Waals surface area contributed by atoms with E-state index in [1.807, 2.05) is 10.9 Å². The zero-order valence-electron chi connectivity index (χ0n) is 13.5. The number of aryl methyl sites for hydroxylation is 1. The third-order valence-electron chi connectivity index (χ3n) is 4.79. The lowest BCUT2D eigenvalue weighted by Crippen LogP contribution is -2.47. The molecule has 22 heavy (non-hydrogen) atoms. The number of aromatic nitrogens is 2. The molecule has 3 atom stereocenters. The summed E-state index contributed by atoms with van der Waals surface area (Å²) in [5, 5.41) is 7.85. The highest BCUT2D eigenvalue weighted by Gasteiger charge is 2.31. The molecular weight excluding hydrogens is 300 g/mol. The molecule has 124 valence electrons. The summed E-state index contributed by atoms with van der Waals surface area (Å²) in [7, 11) is 0. The minimum Gasteiger partial charge on any atom is -0.340 e. The number of carbonyl (C=O) groups is 1. The third kappa shape index (κ3) is 3.82. The van der Waals surface area contributed by atoms with Crippen molar-refractivity contribution in [2.24, 2.45) is 5.92 Å². The van der Waals surface area contributed by atoms with Crippen LogP contribution in [0, 0.1) is 12.8 Å². The molecule has 0 radical (unpaired) electrons. The molecular formula is C16H27ClN4O. The Morgan fingerprint density at radius 3 is 2.91 bits per heavy atom. The Morgan fingerprint density at radius 2 is 2.23 bits per heavy atom. The van der Waals surface area contributed by atoms with Gasteiger partial charge < -0.3 is 10.2 Å². The maximum atomic E-state index is 12.7. The van der Waals surface area contributed by atoms with Gasteiger partial charge in [-0.15, -0.1) is 12.4 Å². The Hall–Kier alpha value is -1.07. The van der Waals surface area contributed by atoms with Gasteiger partial charge in [0.25, 0.3) is 0 Å². The number of rotatable bonds is 2. The molecule has 1 N–H and O–H groups in total. The molecule has 2 aliphatic heterocycles. The first kappa shape index (κ1) is 17.3. The van der Waals surface area contributed by atoms with Crippen molar-refractivity contribution in [1.29, 1.82) is 0 Å². The minimum absolute atomic E-state index is 0. The Morgan fingerprint density at radius 1 is 1.41 bits per heavy atom. The van der Waals surface area contributed by atoms with Gasteiger partial charge in [0.05, 0.1) is 12.2 Å². The summed E-state index contributed by atoms with van der Waals surface area (Å²) in [6, 6.07) is 0.803. The van der Waals surface area contributed by atoms with Crippen LogP contribution >= 0.6 is 12.4 Å². The molecule has 1 amide bonds. The summed E-state index contributed by atoms with van der Waals surface area (Å²) in [6.45, 7) is 6.93. The van der Waals surface area contributed by atoms with Crippen molar-refractivity contribution in [3.05, 3.63) is 18.0 Å². The van der Waals surface area contributed by atoms with Crippen molar-refractivity contribution in [3.8, 4) is 0 Å². The smallest absolute Gasteiger partial charge is 0.225 e. The summed E-state index contributed by atoms with van der Waals surface area (Å²) < 4.78 is 2.04. The number of hydrogen-bond acceptors (Lipinski definition) is 3. The van der Waals surface area contributed by atoms with Gasteiger partial charge in [-0.1, -0.05) is 0 Å². The topological polar surface area (TPSA) is 50.2 Å². The summed E-state index contributed by atoms with van der Waals surface area (Å²) in [5.41, 5.74) is 1.19. The first-order valence-electron chi connectivity index (χ1n) is 8.16. The molecule has 3 heterocycles. The fourth-order valence-electron chi connectivity index (χ4n) is 3.62. The van der Waals surface area contributed by atoms with Crippen LogP contribution in [0.2, 0.25) is 0 Å². The second-order valence-electron chi connectivity index (χ2n) is 6.65. The SMILES string of the molecule is Cc1cnn(C2CCCN(C(=O)[C@H]3CCN[C@@H](C)C3)C2)c1.Cl.